The number of sulfonamides is 1. The smallest absolute Gasteiger partial charge is 0.244 e. The Bertz CT molecular complexity index is 499. The number of carbonyl (C=O) groups is 1. The van der Waals surface area contributed by atoms with Gasteiger partial charge in [0.15, 0.2) is 0 Å². The number of H-pyrrole nitrogens is 1. The lowest BCUT2D eigenvalue weighted by molar-refractivity contribution is -0.127. The van der Waals surface area contributed by atoms with Gasteiger partial charge in [0.1, 0.15) is 4.90 Å². The molecule has 0 spiro atoms. The van der Waals surface area contributed by atoms with Crippen LogP contribution in [0.2, 0.25) is 0 Å². The minimum absolute atomic E-state index is 0.101. The summed E-state index contributed by atoms with van der Waals surface area (Å²) in [6, 6.07) is 0. The van der Waals surface area contributed by atoms with Crippen LogP contribution >= 0.6 is 0 Å². The fourth-order valence-electron chi connectivity index (χ4n) is 1.32. The van der Waals surface area contributed by atoms with E-state index in [0.717, 1.165) is 0 Å². The minimum Gasteiger partial charge on any atom is -0.348 e. The van der Waals surface area contributed by atoms with Crippen LogP contribution in [0.4, 0.5) is 0 Å². The molecule has 2 N–H and O–H groups in total. The van der Waals surface area contributed by atoms with Crippen LogP contribution in [0.25, 0.3) is 0 Å². The number of nitrogens with zero attached hydrogens (tertiary/aromatic N) is 2. The first kappa shape index (κ1) is 13.7. The van der Waals surface area contributed by atoms with Gasteiger partial charge in [-0.15, -0.1) is 0 Å². The number of aromatic amines is 1. The average molecular weight is 260 g/mol. The maximum Gasteiger partial charge on any atom is 0.244 e. The number of aromatic nitrogens is 2. The zero-order valence-electron chi connectivity index (χ0n) is 10.2. The molecule has 0 aliphatic carbocycles. The Morgan fingerprint density at radius 3 is 2.41 bits per heavy atom. The molecule has 0 radical (unpaired) electrons. The molecule has 0 aliphatic heterocycles. The summed E-state index contributed by atoms with van der Waals surface area (Å²) in [7, 11) is -0.577. The number of nitrogens with one attached hydrogen (secondary N) is 2. The normalized spacial score (nSPS) is 11.5. The third kappa shape index (κ3) is 3.04. The SMILES string of the molecule is Cc1n[nH]c(C)c1S(=O)(=O)NCC(=O)N(C)C. The Labute approximate surface area is 100 Å². The molecule has 7 nitrogen and oxygen atoms in total. The van der Waals surface area contributed by atoms with E-state index in [1.807, 2.05) is 0 Å². The number of hydrogen-bond acceptors (Lipinski definition) is 4. The zero-order valence-corrected chi connectivity index (χ0v) is 11.1. The highest BCUT2D eigenvalue weighted by Crippen LogP contribution is 2.15. The molecule has 1 heterocycles. The van der Waals surface area contributed by atoms with Crippen LogP contribution in [0.1, 0.15) is 11.4 Å². The molecule has 0 unspecified atom stereocenters. The highest BCUT2D eigenvalue weighted by Gasteiger charge is 2.22. The lowest BCUT2D eigenvalue weighted by atomic mass is 10.4. The van der Waals surface area contributed by atoms with Gasteiger partial charge in [0.2, 0.25) is 15.9 Å². The van der Waals surface area contributed by atoms with Crippen LogP contribution in [0, 0.1) is 13.8 Å². The van der Waals surface area contributed by atoms with Crippen molar-refractivity contribution in [2.24, 2.45) is 0 Å². The standard InChI is InChI=1S/C9H16N4O3S/c1-6-9(7(2)12-11-6)17(15,16)10-5-8(14)13(3)4/h10H,5H2,1-4H3,(H,11,12). The zero-order chi connectivity index (χ0) is 13.2. The van der Waals surface area contributed by atoms with E-state index in [1.165, 1.54) is 4.90 Å². The molecule has 1 aromatic heterocycles. The van der Waals surface area contributed by atoms with Gasteiger partial charge in [-0.2, -0.15) is 5.10 Å². The highest BCUT2D eigenvalue weighted by atomic mass is 32.2. The van der Waals surface area contributed by atoms with Gasteiger partial charge in [0.05, 0.1) is 17.9 Å². The Morgan fingerprint density at radius 2 is 2.00 bits per heavy atom. The van der Waals surface area contributed by atoms with Gasteiger partial charge in [-0.05, 0) is 13.8 Å². The van der Waals surface area contributed by atoms with Crippen LogP contribution in [0.3, 0.4) is 0 Å². The Kier molecular flexibility index (Phi) is 3.89. The van der Waals surface area contributed by atoms with Gasteiger partial charge < -0.3 is 4.90 Å². The molecule has 1 amide bonds. The third-order valence-electron chi connectivity index (χ3n) is 2.24. The fourth-order valence-corrected chi connectivity index (χ4v) is 2.66. The Morgan fingerprint density at radius 1 is 1.41 bits per heavy atom. The number of rotatable bonds is 4. The van der Waals surface area contributed by atoms with Crippen LogP contribution in [0.15, 0.2) is 4.90 Å². The van der Waals surface area contributed by atoms with Gasteiger partial charge in [0, 0.05) is 14.1 Å². The predicted octanol–water partition coefficient (Wildman–Crippen LogP) is -0.607. The summed E-state index contributed by atoms with van der Waals surface area (Å²) in [6.45, 7) is 2.94. The van der Waals surface area contributed by atoms with E-state index >= 15 is 0 Å². The molecule has 0 saturated carbocycles. The van der Waals surface area contributed by atoms with Gasteiger partial charge in [-0.3, -0.25) is 9.89 Å². The van der Waals surface area contributed by atoms with Crippen molar-refractivity contribution in [2.75, 3.05) is 20.6 Å². The summed E-state index contributed by atoms with van der Waals surface area (Å²) in [5.74, 6) is -0.313. The summed E-state index contributed by atoms with van der Waals surface area (Å²) in [6.07, 6.45) is 0. The lowest BCUT2D eigenvalue weighted by Crippen LogP contribution is -2.36. The van der Waals surface area contributed by atoms with Gasteiger partial charge in [-0.1, -0.05) is 0 Å². The molecule has 0 atom stereocenters. The molecule has 0 aromatic carbocycles. The maximum absolute atomic E-state index is 11.9. The van der Waals surface area contributed by atoms with Crippen LogP contribution in [0.5, 0.6) is 0 Å². The fraction of sp³-hybridized carbons (Fsp3) is 0.556. The second-order valence-electron chi connectivity index (χ2n) is 3.88. The van der Waals surface area contributed by atoms with Gasteiger partial charge in [-0.25, -0.2) is 13.1 Å². The van der Waals surface area contributed by atoms with E-state index < -0.39 is 10.0 Å². The van der Waals surface area contributed by atoms with Crippen molar-refractivity contribution in [3.05, 3.63) is 11.4 Å². The molecule has 0 bridgehead atoms. The molecule has 96 valence electrons. The first-order valence-corrected chi connectivity index (χ1v) is 6.45. The van der Waals surface area contributed by atoms with Crippen LogP contribution < -0.4 is 4.72 Å². The van der Waals surface area contributed by atoms with Crippen molar-refractivity contribution in [3.8, 4) is 0 Å². The van der Waals surface area contributed by atoms with Gasteiger partial charge in [0.25, 0.3) is 0 Å². The second-order valence-corrected chi connectivity index (χ2v) is 5.58. The number of carbonyl (C=O) groups excluding carboxylic acids is 1. The Balaban J connectivity index is 2.87. The van der Waals surface area contributed by atoms with Crippen molar-refractivity contribution in [1.82, 2.24) is 19.8 Å². The predicted molar refractivity (Wildman–Crippen MR) is 61.9 cm³/mol. The first-order chi connectivity index (χ1) is 7.75. The molecule has 1 rings (SSSR count). The number of amides is 1. The molecule has 17 heavy (non-hydrogen) atoms. The van der Waals surface area contributed by atoms with E-state index in [9.17, 15) is 13.2 Å². The topological polar surface area (TPSA) is 95.2 Å². The third-order valence-corrected chi connectivity index (χ3v) is 3.90. The van der Waals surface area contributed by atoms with E-state index in [1.54, 1.807) is 27.9 Å². The number of likely N-dealkylation sites (N-methyl/N-ethyl adjacent to an activating group) is 1. The van der Waals surface area contributed by atoms with Crippen LogP contribution in [-0.4, -0.2) is 50.1 Å². The van der Waals surface area contributed by atoms with Gasteiger partial charge >= 0.3 is 0 Å². The summed E-state index contributed by atoms with van der Waals surface area (Å²) in [5, 5.41) is 6.39. The maximum atomic E-state index is 11.9. The summed E-state index contributed by atoms with van der Waals surface area (Å²) >= 11 is 0. The van der Waals surface area contributed by atoms with Crippen molar-refractivity contribution < 1.29 is 13.2 Å². The quantitative estimate of drug-likeness (QED) is 0.755. The molecular formula is C9H16N4O3S. The number of aryl methyl sites for hydroxylation is 2. The molecule has 0 aliphatic rings. The minimum atomic E-state index is -3.70. The molecule has 1 aromatic rings. The van der Waals surface area contributed by atoms with Crippen molar-refractivity contribution in [3.63, 3.8) is 0 Å². The molecule has 0 fully saturated rings. The van der Waals surface area contributed by atoms with Crippen LogP contribution in [-0.2, 0) is 14.8 Å². The second kappa shape index (κ2) is 4.84. The summed E-state index contributed by atoms with van der Waals surface area (Å²) in [5.41, 5.74) is 0.833. The van der Waals surface area contributed by atoms with E-state index in [-0.39, 0.29) is 17.3 Å². The summed E-state index contributed by atoms with van der Waals surface area (Å²) in [4.78, 5) is 12.7. The average Bonchev–Trinajstić information content (AvgIpc) is 2.55. The van der Waals surface area contributed by atoms with Crippen molar-refractivity contribution in [1.29, 1.82) is 0 Å². The van der Waals surface area contributed by atoms with E-state index in [2.05, 4.69) is 14.9 Å². The molecule has 0 saturated heterocycles. The lowest BCUT2D eigenvalue weighted by Gasteiger charge is -2.11. The summed E-state index contributed by atoms with van der Waals surface area (Å²) < 4.78 is 26.1. The largest absolute Gasteiger partial charge is 0.348 e. The van der Waals surface area contributed by atoms with Crippen molar-refractivity contribution in [2.45, 2.75) is 18.7 Å². The molecule has 8 heteroatoms. The number of hydrogen-bond donors (Lipinski definition) is 2. The first-order valence-electron chi connectivity index (χ1n) is 4.97. The highest BCUT2D eigenvalue weighted by molar-refractivity contribution is 7.89. The monoisotopic (exact) mass is 260 g/mol. The van der Waals surface area contributed by atoms with E-state index in [4.69, 9.17) is 0 Å². The Hall–Kier alpha value is -1.41. The van der Waals surface area contributed by atoms with Crippen molar-refractivity contribution >= 4 is 15.9 Å². The van der Waals surface area contributed by atoms with E-state index in [0.29, 0.717) is 11.4 Å². The molecular weight excluding hydrogens is 244 g/mol.